The summed E-state index contributed by atoms with van der Waals surface area (Å²) >= 11 is 0. The van der Waals surface area contributed by atoms with Gasteiger partial charge in [-0.05, 0) is 57.1 Å². The van der Waals surface area contributed by atoms with Crippen LogP contribution in [0.3, 0.4) is 0 Å². The zero-order valence-electron chi connectivity index (χ0n) is 17.9. The molecule has 0 bridgehead atoms. The molecule has 0 amide bonds. The van der Waals surface area contributed by atoms with E-state index in [1.807, 2.05) is 6.92 Å². The highest BCUT2D eigenvalue weighted by atomic mass is 32.2. The fourth-order valence-electron chi connectivity index (χ4n) is 3.44. The van der Waals surface area contributed by atoms with Gasteiger partial charge in [0.25, 0.3) is 0 Å². The van der Waals surface area contributed by atoms with E-state index in [9.17, 15) is 8.42 Å². The SMILES string of the molecule is CCNC(=NCc1ccc(S(=O)(=O)NC)cc1)NC1CCN(c2ccc(C)cc2)C1. The Morgan fingerprint density at radius 1 is 1.13 bits per heavy atom. The lowest BCUT2D eigenvalue weighted by Crippen LogP contribution is -2.44. The fraction of sp³-hybridized carbons (Fsp3) is 0.409. The minimum absolute atomic E-state index is 0.255. The Labute approximate surface area is 179 Å². The van der Waals surface area contributed by atoms with Crippen LogP contribution in [0.15, 0.2) is 58.4 Å². The third-order valence-electron chi connectivity index (χ3n) is 5.19. The van der Waals surface area contributed by atoms with E-state index in [2.05, 4.69) is 56.4 Å². The summed E-state index contributed by atoms with van der Waals surface area (Å²) in [6.45, 7) is 7.35. The Kier molecular flexibility index (Phi) is 7.33. The molecule has 162 valence electrons. The summed E-state index contributed by atoms with van der Waals surface area (Å²) in [5, 5.41) is 6.84. The van der Waals surface area contributed by atoms with Crippen LogP contribution in [-0.2, 0) is 16.6 Å². The summed E-state index contributed by atoms with van der Waals surface area (Å²) < 4.78 is 26.0. The molecule has 8 heteroatoms. The first-order chi connectivity index (χ1) is 14.4. The molecule has 0 radical (unpaired) electrons. The number of rotatable bonds is 7. The average Bonchev–Trinajstić information content (AvgIpc) is 3.21. The first-order valence-electron chi connectivity index (χ1n) is 10.3. The molecule has 1 fully saturated rings. The van der Waals surface area contributed by atoms with Crippen molar-refractivity contribution in [2.75, 3.05) is 31.6 Å². The molecule has 3 N–H and O–H groups in total. The summed E-state index contributed by atoms with van der Waals surface area (Å²) in [5.41, 5.74) is 3.48. The Balaban J connectivity index is 1.60. The van der Waals surface area contributed by atoms with Crippen LogP contribution in [0.5, 0.6) is 0 Å². The van der Waals surface area contributed by atoms with Crippen molar-refractivity contribution >= 4 is 21.7 Å². The molecule has 0 aromatic heterocycles. The van der Waals surface area contributed by atoms with Crippen molar-refractivity contribution in [1.82, 2.24) is 15.4 Å². The molecular formula is C22H31N5O2S. The molecule has 1 saturated heterocycles. The molecule has 2 aromatic rings. The number of benzene rings is 2. The number of hydrogen-bond acceptors (Lipinski definition) is 4. The highest BCUT2D eigenvalue weighted by Gasteiger charge is 2.23. The van der Waals surface area contributed by atoms with Gasteiger partial charge in [-0.15, -0.1) is 0 Å². The predicted molar refractivity (Wildman–Crippen MR) is 122 cm³/mol. The monoisotopic (exact) mass is 429 g/mol. The molecule has 0 saturated carbocycles. The summed E-state index contributed by atoms with van der Waals surface area (Å²) in [5.74, 6) is 0.778. The van der Waals surface area contributed by atoms with Crippen molar-refractivity contribution in [2.24, 2.45) is 4.99 Å². The van der Waals surface area contributed by atoms with Gasteiger partial charge in [-0.2, -0.15) is 0 Å². The second-order valence-electron chi connectivity index (χ2n) is 7.46. The number of sulfonamides is 1. The van der Waals surface area contributed by atoms with E-state index < -0.39 is 10.0 Å². The van der Waals surface area contributed by atoms with Gasteiger partial charge in [0.2, 0.25) is 10.0 Å². The van der Waals surface area contributed by atoms with Gasteiger partial charge in [-0.25, -0.2) is 18.1 Å². The Bertz CT molecular complexity index is 956. The maximum Gasteiger partial charge on any atom is 0.240 e. The van der Waals surface area contributed by atoms with E-state index in [-0.39, 0.29) is 4.90 Å². The Morgan fingerprint density at radius 2 is 1.83 bits per heavy atom. The lowest BCUT2D eigenvalue weighted by Gasteiger charge is -2.20. The largest absolute Gasteiger partial charge is 0.369 e. The van der Waals surface area contributed by atoms with Crippen LogP contribution in [0, 0.1) is 6.92 Å². The first kappa shape index (κ1) is 22.1. The molecule has 1 heterocycles. The van der Waals surface area contributed by atoms with Gasteiger partial charge < -0.3 is 15.5 Å². The summed E-state index contributed by atoms with van der Waals surface area (Å²) in [6, 6.07) is 15.8. The number of hydrogen-bond donors (Lipinski definition) is 3. The second kappa shape index (κ2) is 9.95. The van der Waals surface area contributed by atoms with Crippen LogP contribution in [0.2, 0.25) is 0 Å². The maximum absolute atomic E-state index is 11.8. The molecule has 7 nitrogen and oxygen atoms in total. The topological polar surface area (TPSA) is 85.8 Å². The van der Waals surface area contributed by atoms with Gasteiger partial charge in [-0.1, -0.05) is 29.8 Å². The van der Waals surface area contributed by atoms with Crippen molar-refractivity contribution in [1.29, 1.82) is 0 Å². The van der Waals surface area contributed by atoms with Gasteiger partial charge in [-0.3, -0.25) is 0 Å². The number of guanidine groups is 1. The van der Waals surface area contributed by atoms with Crippen molar-refractivity contribution in [3.05, 3.63) is 59.7 Å². The lowest BCUT2D eigenvalue weighted by atomic mass is 10.2. The van der Waals surface area contributed by atoms with Gasteiger partial charge in [0.05, 0.1) is 11.4 Å². The molecule has 30 heavy (non-hydrogen) atoms. The van der Waals surface area contributed by atoms with E-state index in [4.69, 9.17) is 0 Å². The molecular weight excluding hydrogens is 398 g/mol. The van der Waals surface area contributed by atoms with Crippen LogP contribution >= 0.6 is 0 Å². The molecule has 3 rings (SSSR count). The highest BCUT2D eigenvalue weighted by Crippen LogP contribution is 2.20. The molecule has 1 unspecified atom stereocenters. The third kappa shape index (κ3) is 5.73. The highest BCUT2D eigenvalue weighted by molar-refractivity contribution is 7.89. The van der Waals surface area contributed by atoms with Crippen LogP contribution in [0.4, 0.5) is 5.69 Å². The Morgan fingerprint density at radius 3 is 2.47 bits per heavy atom. The average molecular weight is 430 g/mol. The van der Waals surface area contributed by atoms with Crippen molar-refractivity contribution in [2.45, 2.75) is 37.8 Å². The van der Waals surface area contributed by atoms with Crippen LogP contribution in [0.25, 0.3) is 0 Å². The van der Waals surface area contributed by atoms with Crippen LogP contribution in [-0.4, -0.2) is 47.1 Å². The van der Waals surface area contributed by atoms with Crippen LogP contribution in [0.1, 0.15) is 24.5 Å². The molecule has 2 aromatic carbocycles. The number of anilines is 1. The standard InChI is InChI=1S/C22H31N5O2S/c1-4-24-22(25-15-18-7-11-21(12-8-18)30(28,29)23-3)26-19-13-14-27(16-19)20-9-5-17(2)6-10-20/h5-12,19,23H,4,13-16H2,1-3H3,(H2,24,25,26). The van der Waals surface area contributed by atoms with E-state index in [0.717, 1.165) is 37.6 Å². The molecule has 1 aliphatic rings. The number of aryl methyl sites for hydroxylation is 1. The molecule has 1 aliphatic heterocycles. The zero-order chi connectivity index (χ0) is 21.6. The van der Waals surface area contributed by atoms with Gasteiger partial charge in [0.15, 0.2) is 5.96 Å². The number of nitrogens with one attached hydrogen (secondary N) is 3. The summed E-state index contributed by atoms with van der Waals surface area (Å²) in [4.78, 5) is 7.32. The minimum Gasteiger partial charge on any atom is -0.369 e. The van der Waals surface area contributed by atoms with Crippen LogP contribution < -0.4 is 20.3 Å². The van der Waals surface area contributed by atoms with E-state index in [1.165, 1.54) is 18.3 Å². The first-order valence-corrected chi connectivity index (χ1v) is 11.8. The van der Waals surface area contributed by atoms with Gasteiger partial charge >= 0.3 is 0 Å². The third-order valence-corrected chi connectivity index (χ3v) is 6.62. The predicted octanol–water partition coefficient (Wildman–Crippen LogP) is 2.24. The van der Waals surface area contributed by atoms with Gasteiger partial charge in [0.1, 0.15) is 0 Å². The molecule has 1 atom stereocenters. The van der Waals surface area contributed by atoms with Crippen molar-refractivity contribution in [3.8, 4) is 0 Å². The molecule has 0 spiro atoms. The molecule has 0 aliphatic carbocycles. The normalized spacial score (nSPS) is 17.2. The summed E-state index contributed by atoms with van der Waals surface area (Å²) in [7, 11) is -2.01. The van der Waals surface area contributed by atoms with E-state index in [1.54, 1.807) is 24.3 Å². The quantitative estimate of drug-likeness (QED) is 0.464. The second-order valence-corrected chi connectivity index (χ2v) is 9.34. The number of nitrogens with zero attached hydrogens (tertiary/aromatic N) is 2. The maximum atomic E-state index is 11.8. The number of aliphatic imine (C=N–C) groups is 1. The fourth-order valence-corrected chi connectivity index (χ4v) is 4.17. The van der Waals surface area contributed by atoms with E-state index in [0.29, 0.717) is 12.6 Å². The minimum atomic E-state index is -3.42. The van der Waals surface area contributed by atoms with Crippen molar-refractivity contribution in [3.63, 3.8) is 0 Å². The Hall–Kier alpha value is -2.58. The summed E-state index contributed by atoms with van der Waals surface area (Å²) in [6.07, 6.45) is 1.05. The van der Waals surface area contributed by atoms with Crippen molar-refractivity contribution < 1.29 is 8.42 Å². The van der Waals surface area contributed by atoms with Gasteiger partial charge in [0, 0.05) is 31.4 Å². The lowest BCUT2D eigenvalue weighted by molar-refractivity contribution is 0.588. The zero-order valence-corrected chi connectivity index (χ0v) is 18.7. The van der Waals surface area contributed by atoms with E-state index >= 15 is 0 Å². The smallest absolute Gasteiger partial charge is 0.240 e.